The second-order valence-electron chi connectivity index (χ2n) is 5.46. The Morgan fingerprint density at radius 3 is 2.52 bits per heavy atom. The average Bonchev–Trinajstić information content (AvgIpc) is 3.08. The van der Waals surface area contributed by atoms with Crippen molar-refractivity contribution in [1.82, 2.24) is 14.8 Å². The summed E-state index contributed by atoms with van der Waals surface area (Å²) in [6, 6.07) is 10.8. The molecule has 0 fully saturated rings. The van der Waals surface area contributed by atoms with Crippen molar-refractivity contribution in [3.63, 3.8) is 0 Å². The maximum absolute atomic E-state index is 12.3. The average molecular weight is 368 g/mol. The van der Waals surface area contributed by atoms with Gasteiger partial charge in [0.2, 0.25) is 0 Å². The maximum Gasteiger partial charge on any atom is 0.348 e. The van der Waals surface area contributed by atoms with Crippen molar-refractivity contribution < 1.29 is 19.4 Å². The molecule has 3 rings (SSSR count). The van der Waals surface area contributed by atoms with Gasteiger partial charge in [-0.3, -0.25) is 10.4 Å². The molecule has 3 aromatic rings. The van der Waals surface area contributed by atoms with E-state index in [0.717, 1.165) is 4.68 Å². The first-order valence-corrected chi connectivity index (χ1v) is 7.79. The van der Waals surface area contributed by atoms with Crippen LogP contribution in [0.5, 0.6) is 11.5 Å². The van der Waals surface area contributed by atoms with Crippen LogP contribution in [-0.2, 0) is 0 Å². The van der Waals surface area contributed by atoms with Crippen molar-refractivity contribution in [3.8, 4) is 17.2 Å². The Morgan fingerprint density at radius 1 is 1.15 bits per heavy atom. The van der Waals surface area contributed by atoms with Crippen molar-refractivity contribution in [2.45, 2.75) is 0 Å². The summed E-state index contributed by atoms with van der Waals surface area (Å²) in [6.07, 6.45) is 0. The Balaban J connectivity index is 2.04. The Bertz CT molecular complexity index is 1080. The van der Waals surface area contributed by atoms with Gasteiger partial charge < -0.3 is 14.6 Å². The van der Waals surface area contributed by atoms with E-state index in [9.17, 15) is 14.7 Å². The SMILES string of the molecule is COc1ccc(C(=N)c2nn(-c3ccccc3C(=O)O)c(=O)[nH]2)cc1OC. The first-order chi connectivity index (χ1) is 13.0. The summed E-state index contributed by atoms with van der Waals surface area (Å²) in [6.45, 7) is 0. The third-order valence-corrected chi connectivity index (χ3v) is 3.89. The Kier molecular flexibility index (Phi) is 4.75. The fraction of sp³-hybridized carbons (Fsp3) is 0.111. The zero-order valence-corrected chi connectivity index (χ0v) is 14.5. The van der Waals surface area contributed by atoms with Gasteiger partial charge in [-0.1, -0.05) is 12.1 Å². The summed E-state index contributed by atoms with van der Waals surface area (Å²) in [5.74, 6) is -0.259. The number of aromatic amines is 1. The molecular formula is C18H16N4O5. The lowest BCUT2D eigenvalue weighted by molar-refractivity contribution is 0.0696. The van der Waals surface area contributed by atoms with Crippen LogP contribution in [-0.4, -0.2) is 45.8 Å². The van der Waals surface area contributed by atoms with E-state index in [4.69, 9.17) is 14.9 Å². The largest absolute Gasteiger partial charge is 0.493 e. The van der Waals surface area contributed by atoms with Crippen molar-refractivity contribution in [2.24, 2.45) is 0 Å². The molecule has 0 atom stereocenters. The number of H-pyrrole nitrogens is 1. The van der Waals surface area contributed by atoms with Crippen LogP contribution in [0.3, 0.4) is 0 Å². The molecule has 9 heteroatoms. The number of nitrogens with zero attached hydrogens (tertiary/aromatic N) is 2. The first kappa shape index (κ1) is 17.9. The van der Waals surface area contributed by atoms with E-state index < -0.39 is 11.7 Å². The van der Waals surface area contributed by atoms with Gasteiger partial charge in [-0.05, 0) is 30.3 Å². The molecule has 9 nitrogen and oxygen atoms in total. The number of methoxy groups -OCH3 is 2. The highest BCUT2D eigenvalue weighted by atomic mass is 16.5. The van der Waals surface area contributed by atoms with E-state index in [1.807, 2.05) is 0 Å². The number of nitrogens with one attached hydrogen (secondary N) is 2. The van der Waals surface area contributed by atoms with Gasteiger partial charge in [0.05, 0.1) is 25.5 Å². The van der Waals surface area contributed by atoms with Gasteiger partial charge >= 0.3 is 11.7 Å². The molecular weight excluding hydrogens is 352 g/mol. The molecule has 0 radical (unpaired) electrons. The summed E-state index contributed by atoms with van der Waals surface area (Å²) >= 11 is 0. The summed E-state index contributed by atoms with van der Waals surface area (Å²) in [4.78, 5) is 26.1. The van der Waals surface area contributed by atoms with Crippen LogP contribution >= 0.6 is 0 Å². The molecule has 0 saturated heterocycles. The number of ether oxygens (including phenoxy) is 2. The van der Waals surface area contributed by atoms with Crippen LogP contribution < -0.4 is 15.2 Å². The number of carboxylic acids is 1. The lowest BCUT2D eigenvalue weighted by Gasteiger charge is -2.09. The monoisotopic (exact) mass is 368 g/mol. The third-order valence-electron chi connectivity index (χ3n) is 3.89. The van der Waals surface area contributed by atoms with Crippen LogP contribution in [0.2, 0.25) is 0 Å². The summed E-state index contributed by atoms with van der Waals surface area (Å²) in [7, 11) is 2.98. The molecule has 2 aromatic carbocycles. The Hall–Kier alpha value is -3.88. The molecule has 1 aromatic heterocycles. The molecule has 138 valence electrons. The highest BCUT2D eigenvalue weighted by Gasteiger charge is 2.18. The number of para-hydroxylation sites is 1. The van der Waals surface area contributed by atoms with E-state index >= 15 is 0 Å². The summed E-state index contributed by atoms with van der Waals surface area (Å²) in [5, 5.41) is 21.7. The maximum atomic E-state index is 12.3. The smallest absolute Gasteiger partial charge is 0.348 e. The van der Waals surface area contributed by atoms with Crippen molar-refractivity contribution in [3.05, 3.63) is 69.9 Å². The first-order valence-electron chi connectivity index (χ1n) is 7.79. The number of benzene rings is 2. The number of carboxylic acid groups (broad SMARTS) is 1. The van der Waals surface area contributed by atoms with Crippen molar-refractivity contribution in [1.29, 1.82) is 5.41 Å². The Labute approximate surface area is 153 Å². The van der Waals surface area contributed by atoms with E-state index in [1.54, 1.807) is 30.3 Å². The Morgan fingerprint density at radius 2 is 1.85 bits per heavy atom. The molecule has 0 aliphatic rings. The van der Waals surface area contributed by atoms with Crippen LogP contribution in [0.4, 0.5) is 0 Å². The minimum atomic E-state index is -1.18. The van der Waals surface area contributed by atoms with Crippen LogP contribution in [0.1, 0.15) is 21.7 Å². The standard InChI is InChI=1S/C18H16N4O5/c1-26-13-8-7-10(9-14(13)27-2)15(19)16-20-18(25)22(21-16)12-6-4-3-5-11(12)17(23)24/h3-9,19H,1-2H3,(H,23,24)(H,20,21,25). The fourth-order valence-electron chi connectivity index (χ4n) is 2.57. The number of rotatable bonds is 6. The number of hydrogen-bond donors (Lipinski definition) is 3. The molecule has 27 heavy (non-hydrogen) atoms. The highest BCUT2D eigenvalue weighted by molar-refractivity contribution is 6.08. The summed E-state index contributed by atoms with van der Waals surface area (Å²) < 4.78 is 11.3. The number of carbonyl (C=O) groups is 1. The van der Waals surface area contributed by atoms with Crippen LogP contribution in [0.15, 0.2) is 47.3 Å². The zero-order valence-electron chi connectivity index (χ0n) is 14.5. The second-order valence-corrected chi connectivity index (χ2v) is 5.46. The lowest BCUT2D eigenvalue weighted by Crippen LogP contribution is -2.18. The predicted octanol–water partition coefficient (Wildman–Crippen LogP) is 1.69. The number of aromatic carboxylic acids is 1. The van der Waals surface area contributed by atoms with E-state index in [0.29, 0.717) is 17.1 Å². The van der Waals surface area contributed by atoms with Gasteiger partial charge in [-0.25, -0.2) is 9.59 Å². The molecule has 0 unspecified atom stereocenters. The zero-order chi connectivity index (χ0) is 19.6. The van der Waals surface area contributed by atoms with Crippen LogP contribution in [0.25, 0.3) is 5.69 Å². The molecule has 0 aliphatic heterocycles. The molecule has 0 bridgehead atoms. The van der Waals surface area contributed by atoms with Gasteiger partial charge in [0.15, 0.2) is 17.3 Å². The minimum Gasteiger partial charge on any atom is -0.493 e. The number of hydrogen-bond acceptors (Lipinski definition) is 6. The molecule has 1 heterocycles. The topological polar surface area (TPSA) is 130 Å². The van der Waals surface area contributed by atoms with E-state index in [1.165, 1.54) is 26.4 Å². The lowest BCUT2D eigenvalue weighted by atomic mass is 10.1. The highest BCUT2D eigenvalue weighted by Crippen LogP contribution is 2.28. The van der Waals surface area contributed by atoms with Gasteiger partial charge in [0, 0.05) is 5.56 Å². The van der Waals surface area contributed by atoms with Gasteiger partial charge in [-0.2, -0.15) is 4.68 Å². The van der Waals surface area contributed by atoms with E-state index in [2.05, 4.69) is 10.1 Å². The molecule has 3 N–H and O–H groups in total. The number of aromatic nitrogens is 3. The normalized spacial score (nSPS) is 10.4. The second kappa shape index (κ2) is 7.16. The van der Waals surface area contributed by atoms with Crippen molar-refractivity contribution in [2.75, 3.05) is 14.2 Å². The minimum absolute atomic E-state index is 0.00703. The predicted molar refractivity (Wildman–Crippen MR) is 96.6 cm³/mol. The molecule has 0 aliphatic carbocycles. The fourth-order valence-corrected chi connectivity index (χ4v) is 2.57. The third kappa shape index (κ3) is 3.30. The van der Waals surface area contributed by atoms with Gasteiger partial charge in [0.25, 0.3) is 0 Å². The van der Waals surface area contributed by atoms with E-state index in [-0.39, 0.29) is 22.8 Å². The molecule has 0 spiro atoms. The van der Waals surface area contributed by atoms with Gasteiger partial charge in [-0.15, -0.1) is 5.10 Å². The van der Waals surface area contributed by atoms with Crippen LogP contribution in [0, 0.1) is 5.41 Å². The van der Waals surface area contributed by atoms with Gasteiger partial charge in [0.1, 0.15) is 5.71 Å². The van der Waals surface area contributed by atoms with Crippen molar-refractivity contribution >= 4 is 11.7 Å². The molecule has 0 amide bonds. The quantitative estimate of drug-likeness (QED) is 0.568. The summed E-state index contributed by atoms with van der Waals surface area (Å²) in [5.41, 5.74) is -0.225. The molecule has 0 saturated carbocycles.